The first-order valence-corrected chi connectivity index (χ1v) is 7.02. The molecule has 0 spiro atoms. The van der Waals surface area contributed by atoms with Gasteiger partial charge in [0.2, 0.25) is 0 Å². The lowest BCUT2D eigenvalue weighted by Gasteiger charge is -2.07. The highest BCUT2D eigenvalue weighted by Gasteiger charge is 2.05. The molecule has 0 aliphatic carbocycles. The van der Waals surface area contributed by atoms with Gasteiger partial charge < -0.3 is 10.4 Å². The maximum atomic E-state index is 9.79. The van der Waals surface area contributed by atoms with Gasteiger partial charge in [0.05, 0.1) is 0 Å². The van der Waals surface area contributed by atoms with Gasteiger partial charge in [-0.1, -0.05) is 23.8 Å². The first-order valence-electron chi connectivity index (χ1n) is 7.02. The number of phenols is 1. The first-order chi connectivity index (χ1) is 10.2. The van der Waals surface area contributed by atoms with E-state index in [2.05, 4.69) is 15.5 Å². The molecule has 0 aliphatic rings. The van der Waals surface area contributed by atoms with Gasteiger partial charge in [0.15, 0.2) is 5.65 Å². The Morgan fingerprint density at radius 3 is 3.00 bits per heavy atom. The summed E-state index contributed by atoms with van der Waals surface area (Å²) in [5.74, 6) is 1.27. The molecule has 0 radical (unpaired) electrons. The third-order valence-electron chi connectivity index (χ3n) is 3.46. The Morgan fingerprint density at radius 2 is 2.10 bits per heavy atom. The van der Waals surface area contributed by atoms with Crippen molar-refractivity contribution >= 4 is 5.65 Å². The number of benzene rings is 1. The SMILES string of the molecule is Cc1ccc(O)c(CNCCc2nnc3ccccn23)c1. The van der Waals surface area contributed by atoms with Crippen molar-refractivity contribution in [3.05, 3.63) is 59.5 Å². The maximum Gasteiger partial charge on any atom is 0.160 e. The number of fused-ring (bicyclic) bond motifs is 1. The smallest absolute Gasteiger partial charge is 0.160 e. The number of hydrogen-bond acceptors (Lipinski definition) is 4. The molecular weight excluding hydrogens is 264 g/mol. The minimum atomic E-state index is 0.334. The second kappa shape index (κ2) is 5.93. The third kappa shape index (κ3) is 3.03. The lowest BCUT2D eigenvalue weighted by Crippen LogP contribution is -2.18. The number of rotatable bonds is 5. The Bertz CT molecular complexity index is 751. The molecule has 5 nitrogen and oxygen atoms in total. The topological polar surface area (TPSA) is 62.5 Å². The minimum Gasteiger partial charge on any atom is -0.508 e. The van der Waals surface area contributed by atoms with Crippen LogP contribution in [0, 0.1) is 6.92 Å². The highest BCUT2D eigenvalue weighted by Crippen LogP contribution is 2.17. The molecule has 2 N–H and O–H groups in total. The fourth-order valence-corrected chi connectivity index (χ4v) is 2.34. The van der Waals surface area contributed by atoms with Gasteiger partial charge in [0.1, 0.15) is 11.6 Å². The summed E-state index contributed by atoms with van der Waals surface area (Å²) in [5.41, 5.74) is 2.93. The average Bonchev–Trinajstić information content (AvgIpc) is 2.90. The van der Waals surface area contributed by atoms with Crippen molar-refractivity contribution in [1.29, 1.82) is 0 Å². The molecule has 0 fully saturated rings. The van der Waals surface area contributed by atoms with Crippen LogP contribution in [0.3, 0.4) is 0 Å². The van der Waals surface area contributed by atoms with Crippen molar-refractivity contribution in [3.63, 3.8) is 0 Å². The van der Waals surface area contributed by atoms with E-state index < -0.39 is 0 Å². The zero-order valence-electron chi connectivity index (χ0n) is 12.0. The van der Waals surface area contributed by atoms with Crippen LogP contribution in [0.1, 0.15) is 17.0 Å². The minimum absolute atomic E-state index is 0.334. The van der Waals surface area contributed by atoms with Crippen LogP contribution >= 0.6 is 0 Å². The fourth-order valence-electron chi connectivity index (χ4n) is 2.34. The van der Waals surface area contributed by atoms with Crippen LogP contribution in [0.2, 0.25) is 0 Å². The summed E-state index contributed by atoms with van der Waals surface area (Å²) in [7, 11) is 0. The third-order valence-corrected chi connectivity index (χ3v) is 3.46. The summed E-state index contributed by atoms with van der Waals surface area (Å²) < 4.78 is 1.99. The Balaban J connectivity index is 1.58. The average molecular weight is 282 g/mol. The summed E-state index contributed by atoms with van der Waals surface area (Å²) >= 11 is 0. The van der Waals surface area contributed by atoms with Gasteiger partial charge in [-0.2, -0.15) is 0 Å². The van der Waals surface area contributed by atoms with Crippen molar-refractivity contribution in [2.75, 3.05) is 6.54 Å². The highest BCUT2D eigenvalue weighted by molar-refractivity contribution is 5.37. The Morgan fingerprint density at radius 1 is 1.19 bits per heavy atom. The molecule has 1 aromatic carbocycles. The van der Waals surface area contributed by atoms with E-state index in [4.69, 9.17) is 0 Å². The van der Waals surface area contributed by atoms with Crippen LogP contribution in [0.5, 0.6) is 5.75 Å². The van der Waals surface area contributed by atoms with Gasteiger partial charge in [0, 0.05) is 31.3 Å². The number of aromatic nitrogens is 3. The van der Waals surface area contributed by atoms with Gasteiger partial charge in [0.25, 0.3) is 0 Å². The van der Waals surface area contributed by atoms with Crippen molar-refractivity contribution < 1.29 is 5.11 Å². The molecule has 0 amide bonds. The van der Waals surface area contributed by atoms with Crippen molar-refractivity contribution in [2.45, 2.75) is 19.9 Å². The van der Waals surface area contributed by atoms with Crippen LogP contribution in [-0.4, -0.2) is 26.2 Å². The maximum absolute atomic E-state index is 9.79. The predicted molar refractivity (Wildman–Crippen MR) is 81.2 cm³/mol. The van der Waals surface area contributed by atoms with E-state index in [9.17, 15) is 5.11 Å². The molecule has 0 aliphatic heterocycles. The number of phenolic OH excluding ortho intramolecular Hbond substituents is 1. The van der Waals surface area contributed by atoms with Crippen LogP contribution < -0.4 is 5.32 Å². The van der Waals surface area contributed by atoms with Crippen LogP contribution in [-0.2, 0) is 13.0 Å². The Hall–Kier alpha value is -2.40. The summed E-state index contributed by atoms with van der Waals surface area (Å²) in [6, 6.07) is 11.5. The Labute approximate surface area is 123 Å². The number of hydrogen-bond donors (Lipinski definition) is 2. The molecule has 0 saturated carbocycles. The molecule has 2 heterocycles. The van der Waals surface area contributed by atoms with Crippen LogP contribution in [0.4, 0.5) is 0 Å². The zero-order valence-corrected chi connectivity index (χ0v) is 12.0. The Kier molecular flexibility index (Phi) is 3.83. The molecule has 0 bridgehead atoms. The van der Waals surface area contributed by atoms with Gasteiger partial charge in [-0.3, -0.25) is 4.40 Å². The standard InChI is InChI=1S/C16H18N4O/c1-12-5-6-14(21)13(10-12)11-17-8-7-16-19-18-15-4-2-3-9-20(15)16/h2-6,9-10,17,21H,7-8,11H2,1H3. The van der Waals surface area contributed by atoms with E-state index in [0.29, 0.717) is 12.3 Å². The molecule has 3 rings (SSSR count). The fraction of sp³-hybridized carbons (Fsp3) is 0.250. The molecule has 2 aromatic heterocycles. The molecule has 0 atom stereocenters. The lowest BCUT2D eigenvalue weighted by molar-refractivity contribution is 0.464. The monoisotopic (exact) mass is 282 g/mol. The van der Waals surface area contributed by atoms with E-state index >= 15 is 0 Å². The molecule has 0 saturated heterocycles. The zero-order chi connectivity index (χ0) is 14.7. The number of nitrogens with one attached hydrogen (secondary N) is 1. The summed E-state index contributed by atoms with van der Waals surface area (Å²) in [4.78, 5) is 0. The van der Waals surface area contributed by atoms with Crippen molar-refractivity contribution in [2.24, 2.45) is 0 Å². The largest absolute Gasteiger partial charge is 0.508 e. The van der Waals surface area contributed by atoms with Crippen molar-refractivity contribution in [1.82, 2.24) is 19.9 Å². The molecule has 0 unspecified atom stereocenters. The number of aromatic hydroxyl groups is 1. The first kappa shape index (κ1) is 13.6. The van der Waals surface area contributed by atoms with Gasteiger partial charge in [-0.25, -0.2) is 0 Å². The quantitative estimate of drug-likeness (QED) is 0.703. The summed E-state index contributed by atoms with van der Waals surface area (Å²) in [6.45, 7) is 3.44. The molecule has 108 valence electrons. The summed E-state index contributed by atoms with van der Waals surface area (Å²) in [6.07, 6.45) is 2.76. The highest BCUT2D eigenvalue weighted by atomic mass is 16.3. The van der Waals surface area contributed by atoms with Gasteiger partial charge in [-0.15, -0.1) is 10.2 Å². The van der Waals surface area contributed by atoms with Gasteiger partial charge in [-0.05, 0) is 25.1 Å². The predicted octanol–water partition coefficient (Wildman–Crippen LogP) is 2.08. The van der Waals surface area contributed by atoms with E-state index in [1.54, 1.807) is 6.07 Å². The van der Waals surface area contributed by atoms with E-state index in [0.717, 1.165) is 35.6 Å². The number of pyridine rings is 1. The van der Waals surface area contributed by atoms with Crippen LogP contribution in [0.25, 0.3) is 5.65 Å². The molecule has 5 heteroatoms. The van der Waals surface area contributed by atoms with E-state index in [-0.39, 0.29) is 0 Å². The summed E-state index contributed by atoms with van der Waals surface area (Å²) in [5, 5.41) is 21.4. The lowest BCUT2D eigenvalue weighted by atomic mass is 10.1. The second-order valence-electron chi connectivity index (χ2n) is 5.10. The number of nitrogens with zero attached hydrogens (tertiary/aromatic N) is 3. The second-order valence-corrected chi connectivity index (χ2v) is 5.10. The van der Waals surface area contributed by atoms with Crippen LogP contribution in [0.15, 0.2) is 42.6 Å². The van der Waals surface area contributed by atoms with E-state index in [1.165, 1.54) is 0 Å². The van der Waals surface area contributed by atoms with E-state index in [1.807, 2.05) is 47.9 Å². The normalized spacial score (nSPS) is 11.1. The number of aryl methyl sites for hydroxylation is 1. The molecule has 3 aromatic rings. The van der Waals surface area contributed by atoms with Gasteiger partial charge >= 0.3 is 0 Å². The van der Waals surface area contributed by atoms with Crippen molar-refractivity contribution in [3.8, 4) is 5.75 Å². The molecular formula is C16H18N4O. The molecule has 21 heavy (non-hydrogen) atoms.